The average molecular weight is 443 g/mol. The molecule has 32 heavy (non-hydrogen) atoms. The molecular weight excluding hydrogens is 412 g/mol. The van der Waals surface area contributed by atoms with E-state index in [4.69, 9.17) is 9.47 Å². The molecule has 2 saturated heterocycles. The Bertz CT molecular complexity index is 1050. The summed E-state index contributed by atoms with van der Waals surface area (Å²) in [5.74, 6) is -0.232. The third-order valence-corrected chi connectivity index (χ3v) is 5.82. The van der Waals surface area contributed by atoms with Crippen molar-refractivity contribution in [2.45, 2.75) is 64.1 Å². The van der Waals surface area contributed by atoms with Crippen molar-refractivity contribution < 1.29 is 23.9 Å². The quantitative estimate of drug-likeness (QED) is 0.734. The molecule has 0 aliphatic carbocycles. The highest BCUT2D eigenvalue weighted by atomic mass is 16.6. The van der Waals surface area contributed by atoms with E-state index in [0.717, 1.165) is 29.5 Å². The molecule has 4 rings (SSSR count). The van der Waals surface area contributed by atoms with Gasteiger partial charge >= 0.3 is 6.09 Å². The van der Waals surface area contributed by atoms with Gasteiger partial charge in [-0.15, -0.1) is 0 Å². The molecule has 2 aliphatic heterocycles. The molecule has 0 spiro atoms. The number of hydrogen-bond acceptors (Lipinski definition) is 6. The van der Waals surface area contributed by atoms with E-state index in [1.54, 1.807) is 9.58 Å². The van der Waals surface area contributed by atoms with Crippen LogP contribution in [0.25, 0.3) is 10.9 Å². The molecule has 9 heteroatoms. The van der Waals surface area contributed by atoms with Gasteiger partial charge in [-0.25, -0.2) is 4.79 Å². The minimum Gasteiger partial charge on any atom is -0.490 e. The van der Waals surface area contributed by atoms with Gasteiger partial charge in [-0.05, 0) is 39.3 Å². The van der Waals surface area contributed by atoms with Crippen LogP contribution in [0.1, 0.15) is 58.1 Å². The lowest BCUT2D eigenvalue weighted by Crippen LogP contribution is -2.44. The normalized spacial score (nSPS) is 20.4. The van der Waals surface area contributed by atoms with Crippen molar-refractivity contribution in [2.24, 2.45) is 7.05 Å². The molecule has 1 atom stereocenters. The number of rotatable bonds is 3. The van der Waals surface area contributed by atoms with Gasteiger partial charge in [-0.3, -0.25) is 19.6 Å². The van der Waals surface area contributed by atoms with Gasteiger partial charge in [0.1, 0.15) is 17.5 Å². The van der Waals surface area contributed by atoms with Crippen LogP contribution in [0.3, 0.4) is 0 Å². The van der Waals surface area contributed by atoms with Crippen molar-refractivity contribution in [3.05, 3.63) is 23.9 Å². The van der Waals surface area contributed by atoms with Crippen LogP contribution in [0, 0.1) is 0 Å². The predicted molar refractivity (Wildman–Crippen MR) is 117 cm³/mol. The van der Waals surface area contributed by atoms with Gasteiger partial charge in [0, 0.05) is 50.9 Å². The van der Waals surface area contributed by atoms with Crippen LogP contribution in [0.5, 0.6) is 5.75 Å². The molecule has 0 saturated carbocycles. The van der Waals surface area contributed by atoms with E-state index in [1.165, 1.54) is 0 Å². The first kappa shape index (κ1) is 22.1. The van der Waals surface area contributed by atoms with Crippen molar-refractivity contribution in [3.63, 3.8) is 0 Å². The Hall–Kier alpha value is -3.10. The summed E-state index contributed by atoms with van der Waals surface area (Å²) in [6.07, 6.45) is 1.96. The van der Waals surface area contributed by atoms with Gasteiger partial charge in [0.2, 0.25) is 11.8 Å². The highest BCUT2D eigenvalue weighted by Gasteiger charge is 2.32. The molecule has 9 nitrogen and oxygen atoms in total. The summed E-state index contributed by atoms with van der Waals surface area (Å²) in [4.78, 5) is 37.7. The van der Waals surface area contributed by atoms with Crippen LogP contribution in [0.15, 0.2) is 18.2 Å². The summed E-state index contributed by atoms with van der Waals surface area (Å²) in [5.41, 5.74) is 1.05. The van der Waals surface area contributed by atoms with E-state index in [2.05, 4.69) is 10.4 Å². The van der Waals surface area contributed by atoms with Gasteiger partial charge in [0.15, 0.2) is 0 Å². The molecule has 3 amide bonds. The number of imide groups is 1. The van der Waals surface area contributed by atoms with Gasteiger partial charge in [0.05, 0.1) is 17.1 Å². The molecule has 1 N–H and O–H groups in total. The lowest BCUT2D eigenvalue weighted by molar-refractivity contribution is -0.134. The largest absolute Gasteiger partial charge is 0.490 e. The zero-order valence-electron chi connectivity index (χ0n) is 19.0. The molecule has 172 valence electrons. The summed E-state index contributed by atoms with van der Waals surface area (Å²) < 4.78 is 13.4. The third-order valence-electron chi connectivity index (χ3n) is 5.82. The van der Waals surface area contributed by atoms with Crippen LogP contribution in [0.2, 0.25) is 0 Å². The first-order valence-corrected chi connectivity index (χ1v) is 11.1. The number of likely N-dealkylation sites (tertiary alicyclic amines) is 1. The Balaban J connectivity index is 1.42. The smallest absolute Gasteiger partial charge is 0.410 e. The zero-order valence-corrected chi connectivity index (χ0v) is 19.0. The number of carbonyl (C=O) groups is 3. The summed E-state index contributed by atoms with van der Waals surface area (Å²) in [5, 5.41) is 7.85. The molecule has 1 aromatic carbocycles. The number of hydrogen-bond donors (Lipinski definition) is 1. The van der Waals surface area contributed by atoms with Crippen molar-refractivity contribution in [3.8, 4) is 5.75 Å². The molecular formula is C23H30N4O5. The minimum atomic E-state index is -0.504. The van der Waals surface area contributed by atoms with Gasteiger partial charge in [-0.2, -0.15) is 5.10 Å². The standard InChI is InChI=1S/C23H30N4O5/c1-23(2,3)32-22(30)27-11-9-14(10-12-27)31-15-5-6-16-18(13-15)26(4)25-20(16)17-7-8-19(28)24-21(17)29/h5-6,13-14,17H,7-12H2,1-4H3,(H,24,28,29). The van der Waals surface area contributed by atoms with Crippen LogP contribution < -0.4 is 10.1 Å². The number of benzene rings is 1. The number of aryl methyl sites for hydroxylation is 1. The number of carbonyl (C=O) groups excluding carboxylic acids is 3. The van der Waals surface area contributed by atoms with Crippen molar-refractivity contribution in [2.75, 3.05) is 13.1 Å². The monoisotopic (exact) mass is 442 g/mol. The fraction of sp³-hybridized carbons (Fsp3) is 0.565. The number of piperidine rings is 2. The molecule has 2 fully saturated rings. The molecule has 0 bridgehead atoms. The van der Waals surface area contributed by atoms with Gasteiger partial charge in [-0.1, -0.05) is 0 Å². The first-order valence-electron chi connectivity index (χ1n) is 11.1. The Morgan fingerprint density at radius 3 is 2.53 bits per heavy atom. The number of nitrogens with one attached hydrogen (secondary N) is 1. The number of aromatic nitrogens is 2. The van der Waals surface area contributed by atoms with E-state index in [-0.39, 0.29) is 24.0 Å². The molecule has 0 radical (unpaired) electrons. The molecule has 2 aromatic rings. The maximum absolute atomic E-state index is 12.3. The maximum Gasteiger partial charge on any atom is 0.410 e. The fourth-order valence-electron chi connectivity index (χ4n) is 4.23. The molecule has 3 heterocycles. The van der Waals surface area contributed by atoms with Crippen molar-refractivity contribution in [1.82, 2.24) is 20.0 Å². The Morgan fingerprint density at radius 1 is 1.16 bits per heavy atom. The van der Waals surface area contributed by atoms with E-state index in [0.29, 0.717) is 31.6 Å². The van der Waals surface area contributed by atoms with E-state index in [1.807, 2.05) is 46.0 Å². The van der Waals surface area contributed by atoms with E-state index >= 15 is 0 Å². The number of fused-ring (bicyclic) bond motifs is 1. The summed E-state index contributed by atoms with van der Waals surface area (Å²) in [6, 6.07) is 5.74. The van der Waals surface area contributed by atoms with Gasteiger partial charge in [0.25, 0.3) is 0 Å². The topological polar surface area (TPSA) is 103 Å². The molecule has 2 aliphatic rings. The predicted octanol–water partition coefficient (Wildman–Crippen LogP) is 2.87. The maximum atomic E-state index is 12.3. The van der Waals surface area contributed by atoms with E-state index < -0.39 is 11.5 Å². The minimum absolute atomic E-state index is 0.00830. The Kier molecular flexibility index (Phi) is 5.83. The summed E-state index contributed by atoms with van der Waals surface area (Å²) >= 11 is 0. The molecule has 1 unspecified atom stereocenters. The highest BCUT2D eigenvalue weighted by molar-refractivity contribution is 6.02. The van der Waals surface area contributed by atoms with Gasteiger partial charge < -0.3 is 14.4 Å². The highest BCUT2D eigenvalue weighted by Crippen LogP contribution is 2.32. The second-order valence-corrected chi connectivity index (χ2v) is 9.48. The van der Waals surface area contributed by atoms with Crippen LogP contribution in [0.4, 0.5) is 4.79 Å². The van der Waals surface area contributed by atoms with Crippen molar-refractivity contribution >= 4 is 28.8 Å². The van der Waals surface area contributed by atoms with Crippen molar-refractivity contribution in [1.29, 1.82) is 0 Å². The van der Waals surface area contributed by atoms with Crippen LogP contribution in [-0.2, 0) is 21.4 Å². The SMILES string of the molecule is Cn1nc(C2CCC(=O)NC2=O)c2ccc(OC3CCN(C(=O)OC(C)(C)C)CC3)cc21. The lowest BCUT2D eigenvalue weighted by Gasteiger charge is -2.33. The average Bonchev–Trinajstić information content (AvgIpc) is 3.03. The first-order chi connectivity index (χ1) is 15.1. The third kappa shape index (κ3) is 4.71. The van der Waals surface area contributed by atoms with E-state index in [9.17, 15) is 14.4 Å². The number of amides is 3. The van der Waals surface area contributed by atoms with Crippen LogP contribution in [-0.4, -0.2) is 57.4 Å². The fourth-order valence-corrected chi connectivity index (χ4v) is 4.23. The second kappa shape index (κ2) is 8.44. The number of nitrogens with zero attached hydrogens (tertiary/aromatic N) is 3. The summed E-state index contributed by atoms with van der Waals surface area (Å²) in [6.45, 7) is 6.77. The molecule has 1 aromatic heterocycles. The van der Waals surface area contributed by atoms with Crippen LogP contribution >= 0.6 is 0 Å². The Labute approximate surface area is 187 Å². The Morgan fingerprint density at radius 2 is 1.88 bits per heavy atom. The second-order valence-electron chi connectivity index (χ2n) is 9.48. The zero-order chi connectivity index (χ0) is 23.0. The lowest BCUT2D eigenvalue weighted by atomic mass is 9.93. The summed E-state index contributed by atoms with van der Waals surface area (Å²) in [7, 11) is 1.83. The number of ether oxygens (including phenoxy) is 2.